The van der Waals surface area contributed by atoms with Crippen LogP contribution >= 0.6 is 11.6 Å². The van der Waals surface area contributed by atoms with Crippen LogP contribution in [0.4, 0.5) is 0 Å². The van der Waals surface area contributed by atoms with E-state index in [9.17, 15) is 4.79 Å². The second-order valence-corrected chi connectivity index (χ2v) is 6.16. The number of nitrogens with one attached hydrogen (secondary N) is 1. The Labute approximate surface area is 155 Å². The topological polar surface area (TPSA) is 59.3 Å². The summed E-state index contributed by atoms with van der Waals surface area (Å²) in [4.78, 5) is 20.9. The Kier molecular flexibility index (Phi) is 4.37. The first-order chi connectivity index (χ1) is 12.7. The second-order valence-electron chi connectivity index (χ2n) is 5.80. The average Bonchev–Trinajstić information content (AvgIpc) is 3.03. The third kappa shape index (κ3) is 3.17. The lowest BCUT2D eigenvalue weighted by molar-refractivity contribution is 0.0945. The summed E-state index contributed by atoms with van der Waals surface area (Å²) in [6.45, 7) is 0.405. The monoisotopic (exact) mass is 362 g/mol. The number of amides is 1. The van der Waals surface area contributed by atoms with Gasteiger partial charge in [0, 0.05) is 25.1 Å². The predicted molar refractivity (Wildman–Crippen MR) is 101 cm³/mol. The first kappa shape index (κ1) is 16.3. The Morgan fingerprint density at radius 1 is 1.04 bits per heavy atom. The van der Waals surface area contributed by atoms with Crippen molar-refractivity contribution < 1.29 is 4.79 Å². The molecule has 0 atom stereocenters. The van der Waals surface area contributed by atoms with Gasteiger partial charge in [-0.25, -0.2) is 4.98 Å². The van der Waals surface area contributed by atoms with Gasteiger partial charge in [0.2, 0.25) is 0 Å². The normalized spacial score (nSPS) is 10.8. The molecule has 128 valence electrons. The van der Waals surface area contributed by atoms with E-state index in [0.717, 1.165) is 16.7 Å². The number of carbonyl (C=O) groups excluding carboxylic acids is 1. The van der Waals surface area contributed by atoms with Crippen LogP contribution in [0.1, 0.15) is 16.1 Å². The molecule has 0 unspecified atom stereocenters. The molecule has 1 amide bonds. The fourth-order valence-electron chi connectivity index (χ4n) is 2.78. The minimum absolute atomic E-state index is 0.195. The highest BCUT2D eigenvalue weighted by atomic mass is 35.5. The standard InChI is InChI=1S/C20H15ClN4O/c21-19-18(25-11-2-1-5-17(25)24-19)20(26)23-12-14-6-8-15(9-7-14)16-4-3-10-22-13-16/h1-11,13H,12H2,(H,23,26). The molecule has 0 aliphatic carbocycles. The van der Waals surface area contributed by atoms with Gasteiger partial charge in [0.1, 0.15) is 5.65 Å². The van der Waals surface area contributed by atoms with Crippen molar-refractivity contribution in [2.45, 2.75) is 6.54 Å². The largest absolute Gasteiger partial charge is 0.347 e. The highest BCUT2D eigenvalue weighted by Gasteiger charge is 2.17. The van der Waals surface area contributed by atoms with E-state index in [2.05, 4.69) is 15.3 Å². The Morgan fingerprint density at radius 3 is 2.65 bits per heavy atom. The van der Waals surface area contributed by atoms with Gasteiger partial charge in [-0.05, 0) is 34.9 Å². The zero-order valence-electron chi connectivity index (χ0n) is 13.8. The molecule has 1 aromatic carbocycles. The Balaban J connectivity index is 1.48. The molecule has 3 aromatic heterocycles. The Bertz CT molecular complexity index is 1060. The molecule has 0 fully saturated rings. The minimum atomic E-state index is -0.259. The molecule has 0 saturated heterocycles. The van der Waals surface area contributed by atoms with E-state index < -0.39 is 0 Å². The summed E-state index contributed by atoms with van der Waals surface area (Å²) in [5.41, 5.74) is 4.12. The van der Waals surface area contributed by atoms with Crippen molar-refractivity contribution in [3.05, 3.63) is 89.6 Å². The summed E-state index contributed by atoms with van der Waals surface area (Å²) >= 11 is 6.13. The maximum absolute atomic E-state index is 12.5. The number of fused-ring (bicyclic) bond motifs is 1. The summed E-state index contributed by atoms with van der Waals surface area (Å²) in [5.74, 6) is -0.259. The van der Waals surface area contributed by atoms with Crippen molar-refractivity contribution in [2.75, 3.05) is 0 Å². The van der Waals surface area contributed by atoms with Gasteiger partial charge in [0.15, 0.2) is 10.8 Å². The first-order valence-corrected chi connectivity index (χ1v) is 8.50. The number of rotatable bonds is 4. The molecule has 5 nitrogen and oxygen atoms in total. The average molecular weight is 363 g/mol. The van der Waals surface area contributed by atoms with Crippen molar-refractivity contribution in [2.24, 2.45) is 0 Å². The molecule has 0 saturated carbocycles. The SMILES string of the molecule is O=C(NCc1ccc(-c2cccnc2)cc1)c1c(Cl)nc2ccccn12. The van der Waals surface area contributed by atoms with E-state index in [4.69, 9.17) is 11.6 Å². The highest BCUT2D eigenvalue weighted by Crippen LogP contribution is 2.19. The molecule has 3 heterocycles. The number of imidazole rings is 1. The fraction of sp³-hybridized carbons (Fsp3) is 0.0500. The van der Waals surface area contributed by atoms with Crippen molar-refractivity contribution in [1.82, 2.24) is 19.7 Å². The third-order valence-corrected chi connectivity index (χ3v) is 4.37. The molecule has 4 aromatic rings. The maximum atomic E-state index is 12.5. The van der Waals surface area contributed by atoms with Gasteiger partial charge in [0.25, 0.3) is 5.91 Å². The molecule has 0 spiro atoms. The number of hydrogen-bond donors (Lipinski definition) is 1. The van der Waals surface area contributed by atoms with Crippen LogP contribution in [0.3, 0.4) is 0 Å². The van der Waals surface area contributed by atoms with Gasteiger partial charge in [0.05, 0.1) is 0 Å². The van der Waals surface area contributed by atoms with E-state index in [1.807, 2.05) is 54.7 Å². The summed E-state index contributed by atoms with van der Waals surface area (Å²) in [6.07, 6.45) is 5.34. The quantitative estimate of drug-likeness (QED) is 0.597. The lowest BCUT2D eigenvalue weighted by atomic mass is 10.1. The van der Waals surface area contributed by atoms with Crippen LogP contribution in [0.5, 0.6) is 0 Å². The van der Waals surface area contributed by atoms with Crippen molar-refractivity contribution >= 4 is 23.2 Å². The van der Waals surface area contributed by atoms with E-state index in [1.165, 1.54) is 0 Å². The molecule has 0 aliphatic rings. The Morgan fingerprint density at radius 2 is 1.88 bits per heavy atom. The van der Waals surface area contributed by atoms with Gasteiger partial charge in [-0.15, -0.1) is 0 Å². The van der Waals surface area contributed by atoms with Crippen LogP contribution in [-0.2, 0) is 6.54 Å². The molecule has 6 heteroatoms. The van der Waals surface area contributed by atoms with E-state index in [0.29, 0.717) is 17.9 Å². The predicted octanol–water partition coefficient (Wildman–Crippen LogP) is 3.98. The number of halogens is 1. The summed E-state index contributed by atoms with van der Waals surface area (Å²) in [5, 5.41) is 3.09. The van der Waals surface area contributed by atoms with E-state index in [-0.39, 0.29) is 11.1 Å². The number of nitrogens with zero attached hydrogens (tertiary/aromatic N) is 3. The molecule has 26 heavy (non-hydrogen) atoms. The number of benzene rings is 1. The van der Waals surface area contributed by atoms with Crippen LogP contribution in [0, 0.1) is 0 Å². The fourth-order valence-corrected chi connectivity index (χ4v) is 3.05. The number of pyridine rings is 2. The summed E-state index contributed by atoms with van der Waals surface area (Å²) < 4.78 is 1.68. The Hall–Kier alpha value is -3.18. The molecular formula is C20H15ClN4O. The lowest BCUT2D eigenvalue weighted by Gasteiger charge is -2.07. The van der Waals surface area contributed by atoms with Crippen LogP contribution in [-0.4, -0.2) is 20.3 Å². The maximum Gasteiger partial charge on any atom is 0.271 e. The summed E-state index contributed by atoms with van der Waals surface area (Å²) in [7, 11) is 0. The van der Waals surface area contributed by atoms with Crippen LogP contribution < -0.4 is 5.32 Å². The van der Waals surface area contributed by atoms with Crippen LogP contribution in [0.15, 0.2) is 73.2 Å². The van der Waals surface area contributed by atoms with Gasteiger partial charge in [-0.1, -0.05) is 48.0 Å². The highest BCUT2D eigenvalue weighted by molar-refractivity contribution is 6.32. The van der Waals surface area contributed by atoms with Crippen LogP contribution in [0.25, 0.3) is 16.8 Å². The molecule has 0 bridgehead atoms. The smallest absolute Gasteiger partial charge is 0.271 e. The number of hydrogen-bond acceptors (Lipinski definition) is 3. The van der Waals surface area contributed by atoms with Crippen molar-refractivity contribution in [1.29, 1.82) is 0 Å². The van der Waals surface area contributed by atoms with Gasteiger partial charge in [-0.2, -0.15) is 0 Å². The minimum Gasteiger partial charge on any atom is -0.347 e. The van der Waals surface area contributed by atoms with E-state index >= 15 is 0 Å². The van der Waals surface area contributed by atoms with Crippen molar-refractivity contribution in [3.8, 4) is 11.1 Å². The first-order valence-electron chi connectivity index (χ1n) is 8.12. The number of aromatic nitrogens is 3. The molecule has 4 rings (SSSR count). The second kappa shape index (κ2) is 6.98. The van der Waals surface area contributed by atoms with Gasteiger partial charge in [-0.3, -0.25) is 14.2 Å². The number of carbonyl (C=O) groups is 1. The zero-order chi connectivity index (χ0) is 17.9. The summed E-state index contributed by atoms with van der Waals surface area (Å²) in [6, 6.07) is 17.4. The van der Waals surface area contributed by atoms with Gasteiger partial charge >= 0.3 is 0 Å². The zero-order valence-corrected chi connectivity index (χ0v) is 14.5. The third-order valence-electron chi connectivity index (χ3n) is 4.10. The van der Waals surface area contributed by atoms with Crippen molar-refractivity contribution in [3.63, 3.8) is 0 Å². The van der Waals surface area contributed by atoms with E-state index in [1.54, 1.807) is 22.9 Å². The van der Waals surface area contributed by atoms with Gasteiger partial charge < -0.3 is 5.32 Å². The molecule has 0 radical (unpaired) electrons. The molecule has 0 aliphatic heterocycles. The molecule has 1 N–H and O–H groups in total. The molecular weight excluding hydrogens is 348 g/mol. The lowest BCUT2D eigenvalue weighted by Crippen LogP contribution is -2.24. The van der Waals surface area contributed by atoms with Crippen LogP contribution in [0.2, 0.25) is 5.15 Å².